The molecule has 1 atom stereocenters. The van der Waals surface area contributed by atoms with Crippen LogP contribution < -0.4 is 5.48 Å². The minimum Gasteiger partial charge on any atom is -0.339 e. The van der Waals surface area contributed by atoms with Crippen molar-refractivity contribution in [2.45, 2.75) is 12.3 Å². The molecule has 0 saturated carbocycles. The van der Waals surface area contributed by atoms with Gasteiger partial charge in [0, 0.05) is 31.2 Å². The Morgan fingerprint density at radius 2 is 1.74 bits per heavy atom. The number of carbonyl (C=O) groups excluding carboxylic acids is 2. The van der Waals surface area contributed by atoms with E-state index < -0.39 is 5.91 Å². The van der Waals surface area contributed by atoms with Crippen molar-refractivity contribution < 1.29 is 14.8 Å². The van der Waals surface area contributed by atoms with E-state index in [1.165, 1.54) is 29.3 Å². The van der Waals surface area contributed by atoms with Gasteiger partial charge in [-0.1, -0.05) is 36.4 Å². The molecular formula is C21H21N3O3. The van der Waals surface area contributed by atoms with Gasteiger partial charge in [-0.05, 0) is 36.3 Å². The van der Waals surface area contributed by atoms with E-state index in [9.17, 15) is 9.59 Å². The molecule has 1 saturated heterocycles. The van der Waals surface area contributed by atoms with Crippen LogP contribution in [0.25, 0.3) is 12.2 Å². The third kappa shape index (κ3) is 5.12. The lowest BCUT2D eigenvalue weighted by Crippen LogP contribution is -2.26. The first kappa shape index (κ1) is 18.5. The monoisotopic (exact) mass is 363 g/mol. The van der Waals surface area contributed by atoms with Crippen molar-refractivity contribution in [3.63, 3.8) is 0 Å². The van der Waals surface area contributed by atoms with Crippen molar-refractivity contribution in [3.8, 4) is 0 Å². The molecule has 1 aromatic heterocycles. The standard InChI is InChI=1S/C21H21N3O3/c25-20(23-27)11-9-18-7-4-8-19(22-18)10-12-21(26)24-14-13-17(15-24)16-5-2-1-3-6-16/h1-12,17,27H,13-15H2,(H,23,25)/b11-9+,12-10+. The van der Waals surface area contributed by atoms with Crippen molar-refractivity contribution in [2.75, 3.05) is 13.1 Å². The van der Waals surface area contributed by atoms with Crippen LogP contribution in [0.2, 0.25) is 0 Å². The summed E-state index contributed by atoms with van der Waals surface area (Å²) in [5.74, 6) is -0.279. The van der Waals surface area contributed by atoms with E-state index in [1.807, 2.05) is 23.1 Å². The summed E-state index contributed by atoms with van der Waals surface area (Å²) in [6.45, 7) is 1.47. The number of nitrogens with zero attached hydrogens (tertiary/aromatic N) is 2. The molecule has 2 amide bonds. The molecule has 1 unspecified atom stereocenters. The van der Waals surface area contributed by atoms with Gasteiger partial charge in [0.2, 0.25) is 5.91 Å². The molecule has 0 bridgehead atoms. The lowest BCUT2D eigenvalue weighted by Gasteiger charge is -2.14. The number of nitrogens with one attached hydrogen (secondary N) is 1. The van der Waals surface area contributed by atoms with Gasteiger partial charge in [0.1, 0.15) is 0 Å². The largest absolute Gasteiger partial charge is 0.339 e. The van der Waals surface area contributed by atoms with E-state index in [0.717, 1.165) is 19.5 Å². The molecule has 0 spiro atoms. The van der Waals surface area contributed by atoms with Gasteiger partial charge in [0.05, 0.1) is 11.4 Å². The van der Waals surface area contributed by atoms with Crippen LogP contribution in [-0.4, -0.2) is 40.0 Å². The fraction of sp³-hybridized carbons (Fsp3) is 0.190. The molecule has 1 aliphatic rings. The second-order valence-electron chi connectivity index (χ2n) is 6.31. The van der Waals surface area contributed by atoms with Crippen molar-refractivity contribution in [1.29, 1.82) is 0 Å². The quantitative estimate of drug-likeness (QED) is 0.486. The summed E-state index contributed by atoms with van der Waals surface area (Å²) in [7, 11) is 0. The highest BCUT2D eigenvalue weighted by Gasteiger charge is 2.25. The van der Waals surface area contributed by atoms with Crippen LogP contribution in [0, 0.1) is 0 Å². The molecule has 6 nitrogen and oxygen atoms in total. The van der Waals surface area contributed by atoms with Gasteiger partial charge < -0.3 is 4.90 Å². The number of hydrogen-bond donors (Lipinski definition) is 2. The second kappa shape index (κ2) is 8.91. The summed E-state index contributed by atoms with van der Waals surface area (Å²) < 4.78 is 0. The molecule has 2 heterocycles. The van der Waals surface area contributed by atoms with Crippen LogP contribution in [0.15, 0.2) is 60.7 Å². The normalized spacial score (nSPS) is 16.9. The number of carbonyl (C=O) groups is 2. The van der Waals surface area contributed by atoms with E-state index in [0.29, 0.717) is 17.3 Å². The number of likely N-dealkylation sites (tertiary alicyclic amines) is 1. The number of hydrogen-bond acceptors (Lipinski definition) is 4. The second-order valence-corrected chi connectivity index (χ2v) is 6.31. The molecule has 0 radical (unpaired) electrons. The molecule has 1 aromatic carbocycles. The third-order valence-electron chi connectivity index (χ3n) is 4.48. The predicted molar refractivity (Wildman–Crippen MR) is 103 cm³/mol. The fourth-order valence-corrected chi connectivity index (χ4v) is 3.07. The highest BCUT2D eigenvalue weighted by molar-refractivity contribution is 5.92. The van der Waals surface area contributed by atoms with Crippen molar-refractivity contribution >= 4 is 24.0 Å². The zero-order valence-corrected chi connectivity index (χ0v) is 14.8. The Labute approximate surface area is 157 Å². The SMILES string of the molecule is O=C(/C=C/c1cccc(/C=C/C(=O)N2CCC(c3ccccc3)C2)n1)NO. The first-order valence-corrected chi connectivity index (χ1v) is 8.77. The first-order valence-electron chi connectivity index (χ1n) is 8.77. The van der Waals surface area contributed by atoms with Crippen LogP contribution in [0.3, 0.4) is 0 Å². The Morgan fingerprint density at radius 1 is 1.04 bits per heavy atom. The summed E-state index contributed by atoms with van der Waals surface area (Å²) in [6.07, 6.45) is 6.82. The molecule has 2 N–H and O–H groups in total. The van der Waals surface area contributed by atoms with Gasteiger partial charge in [-0.15, -0.1) is 0 Å². The molecule has 1 fully saturated rings. The zero-order chi connectivity index (χ0) is 19.1. The fourth-order valence-electron chi connectivity index (χ4n) is 3.07. The topological polar surface area (TPSA) is 82.5 Å². The number of aromatic nitrogens is 1. The van der Waals surface area contributed by atoms with Crippen molar-refractivity contribution in [3.05, 3.63) is 77.6 Å². The third-order valence-corrected chi connectivity index (χ3v) is 4.48. The molecule has 3 rings (SSSR count). The Bertz CT molecular complexity index is 862. The first-order chi connectivity index (χ1) is 13.2. The average molecular weight is 363 g/mol. The Hall–Kier alpha value is -3.25. The molecule has 0 aliphatic carbocycles. The Balaban J connectivity index is 1.60. The maximum Gasteiger partial charge on any atom is 0.267 e. The number of rotatable bonds is 5. The molecule has 27 heavy (non-hydrogen) atoms. The van der Waals surface area contributed by atoms with Crippen LogP contribution in [0.4, 0.5) is 0 Å². The van der Waals surface area contributed by atoms with Crippen LogP contribution >= 0.6 is 0 Å². The van der Waals surface area contributed by atoms with Crippen LogP contribution in [-0.2, 0) is 9.59 Å². The van der Waals surface area contributed by atoms with Crippen molar-refractivity contribution in [1.82, 2.24) is 15.4 Å². The smallest absolute Gasteiger partial charge is 0.267 e. The maximum atomic E-state index is 12.5. The molecule has 1 aliphatic heterocycles. The number of amides is 2. The predicted octanol–water partition coefficient (Wildman–Crippen LogP) is 2.63. The van der Waals surface area contributed by atoms with E-state index in [2.05, 4.69) is 17.1 Å². The summed E-state index contributed by atoms with van der Waals surface area (Å²) in [5.41, 5.74) is 3.96. The van der Waals surface area contributed by atoms with Gasteiger partial charge in [-0.2, -0.15) is 0 Å². The minimum absolute atomic E-state index is 0.0316. The van der Waals surface area contributed by atoms with Crippen LogP contribution in [0.5, 0.6) is 0 Å². The van der Waals surface area contributed by atoms with E-state index in [4.69, 9.17) is 5.21 Å². The number of pyridine rings is 1. The van der Waals surface area contributed by atoms with Gasteiger partial charge in [-0.25, -0.2) is 10.5 Å². The summed E-state index contributed by atoms with van der Waals surface area (Å²) >= 11 is 0. The van der Waals surface area contributed by atoms with E-state index in [-0.39, 0.29) is 5.91 Å². The van der Waals surface area contributed by atoms with Crippen molar-refractivity contribution in [2.24, 2.45) is 0 Å². The van der Waals surface area contributed by atoms with Gasteiger partial charge >= 0.3 is 0 Å². The zero-order valence-electron chi connectivity index (χ0n) is 14.8. The van der Waals surface area contributed by atoms with E-state index in [1.54, 1.807) is 24.3 Å². The van der Waals surface area contributed by atoms with Gasteiger partial charge in [0.15, 0.2) is 0 Å². The molecular weight excluding hydrogens is 342 g/mol. The Morgan fingerprint density at radius 3 is 2.44 bits per heavy atom. The average Bonchev–Trinajstić information content (AvgIpc) is 3.21. The van der Waals surface area contributed by atoms with E-state index >= 15 is 0 Å². The highest BCUT2D eigenvalue weighted by atomic mass is 16.5. The highest BCUT2D eigenvalue weighted by Crippen LogP contribution is 2.27. The maximum absolute atomic E-state index is 12.5. The molecule has 2 aromatic rings. The summed E-state index contributed by atoms with van der Waals surface area (Å²) in [4.78, 5) is 29.7. The lowest BCUT2D eigenvalue weighted by molar-refractivity contribution is -0.125. The summed E-state index contributed by atoms with van der Waals surface area (Å²) in [6, 6.07) is 15.6. The summed E-state index contributed by atoms with van der Waals surface area (Å²) in [5, 5.41) is 8.48. The van der Waals surface area contributed by atoms with Crippen LogP contribution in [0.1, 0.15) is 29.3 Å². The molecule has 6 heteroatoms. The Kier molecular flexibility index (Phi) is 6.12. The molecule has 138 valence electrons. The lowest BCUT2D eigenvalue weighted by atomic mass is 9.99. The van der Waals surface area contributed by atoms with Gasteiger partial charge in [0.25, 0.3) is 5.91 Å². The number of hydroxylamine groups is 1. The van der Waals surface area contributed by atoms with Gasteiger partial charge in [-0.3, -0.25) is 14.8 Å². The minimum atomic E-state index is -0.630. The number of benzene rings is 1.